The predicted octanol–water partition coefficient (Wildman–Crippen LogP) is 2.35. The topological polar surface area (TPSA) is 76.7 Å². The van der Waals surface area contributed by atoms with Crippen LogP contribution in [0.15, 0.2) is 18.2 Å². The fourth-order valence-corrected chi connectivity index (χ4v) is 3.50. The molecular weight excluding hydrogens is 351 g/mol. The van der Waals surface area contributed by atoms with E-state index in [9.17, 15) is 14.0 Å². The molecule has 0 radical (unpaired) electrons. The molecule has 27 heavy (non-hydrogen) atoms. The third kappa shape index (κ3) is 5.92. The maximum absolute atomic E-state index is 13.7. The highest BCUT2D eigenvalue weighted by Gasteiger charge is 2.38. The van der Waals surface area contributed by atoms with Gasteiger partial charge >= 0.3 is 0 Å². The fraction of sp³-hybridized carbons (Fsp3) is 0.600. The van der Waals surface area contributed by atoms with Gasteiger partial charge in [-0.3, -0.25) is 9.59 Å². The Kier molecular flexibility index (Phi) is 7.59. The molecule has 1 heterocycles. The van der Waals surface area contributed by atoms with Crippen molar-refractivity contribution in [2.45, 2.75) is 57.0 Å². The minimum absolute atomic E-state index is 0.0158. The van der Waals surface area contributed by atoms with Crippen LogP contribution >= 0.6 is 0 Å². The van der Waals surface area contributed by atoms with E-state index >= 15 is 0 Å². The molecule has 1 aliphatic heterocycles. The Bertz CT molecular complexity index is 667. The first-order valence-electron chi connectivity index (χ1n) is 9.33. The van der Waals surface area contributed by atoms with E-state index in [4.69, 9.17) is 9.47 Å². The molecule has 0 bridgehead atoms. The van der Waals surface area contributed by atoms with Gasteiger partial charge in [-0.05, 0) is 43.4 Å². The molecule has 1 fully saturated rings. The molecule has 6 nitrogen and oxygen atoms in total. The predicted molar refractivity (Wildman–Crippen MR) is 100 cm³/mol. The summed E-state index contributed by atoms with van der Waals surface area (Å²) >= 11 is 0. The minimum atomic E-state index is -0.500. The molecule has 0 aromatic heterocycles. The van der Waals surface area contributed by atoms with Crippen LogP contribution in [0, 0.1) is 5.82 Å². The number of halogens is 1. The van der Waals surface area contributed by atoms with Crippen LogP contribution in [0.2, 0.25) is 0 Å². The molecule has 1 aromatic carbocycles. The second-order valence-electron chi connectivity index (χ2n) is 7.10. The molecule has 2 atom stereocenters. The average molecular weight is 380 g/mol. The van der Waals surface area contributed by atoms with E-state index in [0.29, 0.717) is 38.7 Å². The van der Waals surface area contributed by atoms with Gasteiger partial charge in [-0.1, -0.05) is 13.0 Å². The average Bonchev–Trinajstić information content (AvgIpc) is 3.02. The molecule has 2 N–H and O–H groups in total. The Labute approximate surface area is 159 Å². The zero-order valence-electron chi connectivity index (χ0n) is 16.3. The van der Waals surface area contributed by atoms with Crippen molar-refractivity contribution >= 4 is 11.8 Å². The van der Waals surface area contributed by atoms with Gasteiger partial charge in [0.25, 0.3) is 0 Å². The van der Waals surface area contributed by atoms with Crippen molar-refractivity contribution in [1.29, 1.82) is 0 Å². The number of ether oxygens (including phenoxy) is 2. The summed E-state index contributed by atoms with van der Waals surface area (Å²) in [6.07, 6.45) is 3.22. The molecule has 7 heteroatoms. The third-order valence-electron chi connectivity index (χ3n) is 5.05. The van der Waals surface area contributed by atoms with Crippen molar-refractivity contribution < 1.29 is 23.5 Å². The van der Waals surface area contributed by atoms with Crippen LogP contribution in [-0.2, 0) is 20.7 Å². The normalized spacial score (nSPS) is 20.2. The third-order valence-corrected chi connectivity index (χ3v) is 5.05. The van der Waals surface area contributed by atoms with Gasteiger partial charge in [-0.25, -0.2) is 4.39 Å². The van der Waals surface area contributed by atoms with Crippen LogP contribution in [0.25, 0.3) is 0 Å². The Morgan fingerprint density at radius 3 is 2.78 bits per heavy atom. The summed E-state index contributed by atoms with van der Waals surface area (Å²) in [5.41, 5.74) is 0.363. The van der Waals surface area contributed by atoms with E-state index in [1.807, 2.05) is 6.92 Å². The van der Waals surface area contributed by atoms with Gasteiger partial charge in [0.2, 0.25) is 11.8 Å². The molecule has 2 rings (SSSR count). The number of rotatable bonds is 10. The Morgan fingerprint density at radius 2 is 2.19 bits per heavy atom. The maximum Gasteiger partial charge on any atom is 0.220 e. The van der Waals surface area contributed by atoms with E-state index in [1.165, 1.54) is 13.2 Å². The lowest BCUT2D eigenvalue weighted by Gasteiger charge is -2.30. The monoisotopic (exact) mass is 380 g/mol. The lowest BCUT2D eigenvalue weighted by Crippen LogP contribution is -2.45. The summed E-state index contributed by atoms with van der Waals surface area (Å²) in [6.45, 7) is 2.46. The summed E-state index contributed by atoms with van der Waals surface area (Å²) in [7, 11) is 3.03. The molecule has 2 amide bonds. The van der Waals surface area contributed by atoms with Gasteiger partial charge < -0.3 is 20.1 Å². The molecule has 150 valence electrons. The largest absolute Gasteiger partial charge is 0.494 e. The summed E-state index contributed by atoms with van der Waals surface area (Å²) < 4.78 is 23.8. The van der Waals surface area contributed by atoms with Crippen molar-refractivity contribution in [2.75, 3.05) is 20.8 Å². The smallest absolute Gasteiger partial charge is 0.220 e. The number of amides is 2. The number of carbonyl (C=O) groups excluding carboxylic acids is 2. The van der Waals surface area contributed by atoms with E-state index in [2.05, 4.69) is 10.6 Å². The molecule has 1 saturated heterocycles. The SMILES string of the molecule is CC[C@@H](COC)NC(=O)CC[C@@]1(Cc2ccc(F)c(OC)c2)CCC(=O)N1. The van der Waals surface area contributed by atoms with Gasteiger partial charge in [-0.2, -0.15) is 0 Å². The highest BCUT2D eigenvalue weighted by atomic mass is 19.1. The van der Waals surface area contributed by atoms with Gasteiger partial charge in [0.15, 0.2) is 11.6 Å². The van der Waals surface area contributed by atoms with E-state index in [1.54, 1.807) is 19.2 Å². The van der Waals surface area contributed by atoms with Crippen LogP contribution in [0.4, 0.5) is 4.39 Å². The van der Waals surface area contributed by atoms with Crippen LogP contribution in [0.3, 0.4) is 0 Å². The number of benzene rings is 1. The van der Waals surface area contributed by atoms with Crippen LogP contribution in [0.1, 0.15) is 44.6 Å². The Hall–Kier alpha value is -2.15. The second-order valence-corrected chi connectivity index (χ2v) is 7.10. The van der Waals surface area contributed by atoms with Crippen molar-refractivity contribution in [3.8, 4) is 5.75 Å². The lowest BCUT2D eigenvalue weighted by molar-refractivity contribution is -0.123. The van der Waals surface area contributed by atoms with Crippen LogP contribution < -0.4 is 15.4 Å². The molecule has 1 aromatic rings. The van der Waals surface area contributed by atoms with Gasteiger partial charge in [-0.15, -0.1) is 0 Å². The summed E-state index contributed by atoms with van der Waals surface area (Å²) in [5.74, 6) is -0.324. The highest BCUT2D eigenvalue weighted by molar-refractivity contribution is 5.80. The zero-order chi connectivity index (χ0) is 19.9. The number of methoxy groups -OCH3 is 2. The quantitative estimate of drug-likeness (QED) is 0.653. The fourth-order valence-electron chi connectivity index (χ4n) is 3.50. The molecule has 0 spiro atoms. The van der Waals surface area contributed by atoms with E-state index in [-0.39, 0.29) is 23.6 Å². The van der Waals surface area contributed by atoms with Crippen molar-refractivity contribution in [2.24, 2.45) is 0 Å². The number of hydrogen-bond acceptors (Lipinski definition) is 4. The lowest BCUT2D eigenvalue weighted by atomic mass is 9.85. The summed E-state index contributed by atoms with van der Waals surface area (Å²) in [4.78, 5) is 24.2. The first-order valence-corrected chi connectivity index (χ1v) is 9.33. The van der Waals surface area contributed by atoms with Crippen LogP contribution in [0.5, 0.6) is 5.75 Å². The first-order chi connectivity index (χ1) is 12.9. The molecule has 0 saturated carbocycles. The summed E-state index contributed by atoms with van der Waals surface area (Å²) in [5, 5.41) is 6.00. The minimum Gasteiger partial charge on any atom is -0.494 e. The van der Waals surface area contributed by atoms with Crippen molar-refractivity contribution in [1.82, 2.24) is 10.6 Å². The molecule has 0 aliphatic carbocycles. The van der Waals surface area contributed by atoms with Gasteiger partial charge in [0, 0.05) is 25.5 Å². The van der Waals surface area contributed by atoms with Crippen molar-refractivity contribution in [3.05, 3.63) is 29.6 Å². The first kappa shape index (κ1) is 21.2. The van der Waals surface area contributed by atoms with E-state index < -0.39 is 11.4 Å². The Morgan fingerprint density at radius 1 is 1.41 bits per heavy atom. The number of carbonyl (C=O) groups is 2. The van der Waals surface area contributed by atoms with Gasteiger partial charge in [0.1, 0.15) is 0 Å². The zero-order valence-corrected chi connectivity index (χ0v) is 16.3. The van der Waals surface area contributed by atoms with Crippen LogP contribution in [-0.4, -0.2) is 44.2 Å². The molecular formula is C20H29FN2O4. The summed E-state index contributed by atoms with van der Waals surface area (Å²) in [6, 6.07) is 4.68. The molecule has 0 unspecified atom stereocenters. The molecule has 1 aliphatic rings. The van der Waals surface area contributed by atoms with Gasteiger partial charge in [0.05, 0.1) is 19.8 Å². The Balaban J connectivity index is 2.04. The standard InChI is InChI=1S/C20H29FN2O4/c1-4-15(13-26-2)22-18(24)7-9-20(10-8-19(25)23-20)12-14-5-6-16(21)17(11-14)27-3/h5-6,11,15H,4,7-10,12-13H2,1-3H3,(H,22,24)(H,23,25)/t15-,20-/m0/s1. The number of hydrogen-bond donors (Lipinski definition) is 2. The van der Waals surface area contributed by atoms with E-state index in [0.717, 1.165) is 12.0 Å². The number of nitrogens with one attached hydrogen (secondary N) is 2. The van der Waals surface area contributed by atoms with Crippen molar-refractivity contribution in [3.63, 3.8) is 0 Å². The highest BCUT2D eigenvalue weighted by Crippen LogP contribution is 2.31. The maximum atomic E-state index is 13.7. The second kappa shape index (κ2) is 9.69.